The van der Waals surface area contributed by atoms with Gasteiger partial charge in [0.25, 0.3) is 5.56 Å². The van der Waals surface area contributed by atoms with Crippen molar-refractivity contribution in [1.29, 1.82) is 0 Å². The number of hydrogen-bond acceptors (Lipinski definition) is 5. The van der Waals surface area contributed by atoms with Crippen LogP contribution in [0, 0.1) is 0 Å². The number of hydrogen-bond donors (Lipinski definition) is 2. The van der Waals surface area contributed by atoms with E-state index in [-0.39, 0.29) is 17.5 Å². The molecular formula is C17H25N5O2S. The zero-order valence-corrected chi connectivity index (χ0v) is 15.9. The van der Waals surface area contributed by atoms with Gasteiger partial charge in [-0.25, -0.2) is 9.67 Å². The van der Waals surface area contributed by atoms with Crippen LogP contribution in [0.3, 0.4) is 0 Å². The second-order valence-electron chi connectivity index (χ2n) is 5.96. The lowest BCUT2D eigenvalue weighted by Gasteiger charge is -2.16. The molecule has 2 aromatic heterocycles. The number of nitrogens with one attached hydrogen (secondary N) is 2. The van der Waals surface area contributed by atoms with E-state index in [4.69, 9.17) is 0 Å². The van der Waals surface area contributed by atoms with Gasteiger partial charge in [0.15, 0.2) is 5.16 Å². The summed E-state index contributed by atoms with van der Waals surface area (Å²) < 4.78 is 1.80. The van der Waals surface area contributed by atoms with Crippen molar-refractivity contribution >= 4 is 23.5 Å². The molecule has 2 heterocycles. The Morgan fingerprint density at radius 1 is 1.40 bits per heavy atom. The van der Waals surface area contributed by atoms with Crippen molar-refractivity contribution in [3.63, 3.8) is 0 Å². The minimum atomic E-state index is -0.402. The van der Waals surface area contributed by atoms with Crippen molar-refractivity contribution in [2.45, 2.75) is 63.4 Å². The number of rotatable bonds is 8. The first-order chi connectivity index (χ1) is 11.9. The topological polar surface area (TPSA) is 92.7 Å². The minimum Gasteiger partial charge on any atom is -0.310 e. The van der Waals surface area contributed by atoms with Crippen LogP contribution in [-0.4, -0.2) is 30.9 Å². The Hall–Kier alpha value is -2.09. The van der Waals surface area contributed by atoms with E-state index in [1.165, 1.54) is 17.8 Å². The molecule has 2 atom stereocenters. The second kappa shape index (κ2) is 8.84. The highest BCUT2D eigenvalue weighted by Crippen LogP contribution is 2.22. The SMILES string of the molecule is CCCc1cc(=O)[nH]c(S[C@H](C)C(=O)Nc2ccnn2[C@@H](C)CC)n1. The van der Waals surface area contributed by atoms with Gasteiger partial charge in [-0.2, -0.15) is 5.10 Å². The van der Waals surface area contributed by atoms with Gasteiger partial charge in [-0.3, -0.25) is 9.59 Å². The molecule has 25 heavy (non-hydrogen) atoms. The van der Waals surface area contributed by atoms with Gasteiger partial charge in [0.1, 0.15) is 5.82 Å². The number of amides is 1. The maximum absolute atomic E-state index is 12.5. The number of H-pyrrole nitrogens is 1. The maximum Gasteiger partial charge on any atom is 0.251 e. The van der Waals surface area contributed by atoms with Gasteiger partial charge in [0, 0.05) is 17.8 Å². The predicted octanol–water partition coefficient (Wildman–Crippen LogP) is 3.01. The van der Waals surface area contributed by atoms with Gasteiger partial charge < -0.3 is 10.3 Å². The standard InChI is InChI=1S/C17H25N5O2S/c1-5-7-13-10-15(23)21-17(19-13)25-12(4)16(24)20-14-8-9-18-22(14)11(3)6-2/h8-12H,5-7H2,1-4H3,(H,20,24)(H,19,21,23)/t11-,12+/m0/s1. The summed E-state index contributed by atoms with van der Waals surface area (Å²) in [6.07, 6.45) is 4.25. The van der Waals surface area contributed by atoms with Crippen LogP contribution in [0.4, 0.5) is 5.82 Å². The van der Waals surface area contributed by atoms with E-state index in [0.29, 0.717) is 11.0 Å². The zero-order valence-electron chi connectivity index (χ0n) is 15.1. The molecule has 2 aromatic rings. The second-order valence-corrected chi connectivity index (χ2v) is 7.29. The lowest BCUT2D eigenvalue weighted by Crippen LogP contribution is -2.25. The summed E-state index contributed by atoms with van der Waals surface area (Å²) in [5, 5.41) is 7.23. The fourth-order valence-electron chi connectivity index (χ4n) is 2.31. The molecule has 136 valence electrons. The van der Waals surface area contributed by atoms with E-state index in [1.54, 1.807) is 23.9 Å². The van der Waals surface area contributed by atoms with E-state index in [2.05, 4.69) is 34.2 Å². The lowest BCUT2D eigenvalue weighted by atomic mass is 10.2. The van der Waals surface area contributed by atoms with Crippen molar-refractivity contribution in [3.05, 3.63) is 34.4 Å². The first kappa shape index (κ1) is 19.2. The van der Waals surface area contributed by atoms with E-state index < -0.39 is 5.25 Å². The third-order valence-electron chi connectivity index (χ3n) is 3.87. The van der Waals surface area contributed by atoms with Gasteiger partial charge in [-0.15, -0.1) is 0 Å². The first-order valence-electron chi connectivity index (χ1n) is 8.55. The molecule has 0 aromatic carbocycles. The number of nitrogens with zero attached hydrogens (tertiary/aromatic N) is 3. The first-order valence-corrected chi connectivity index (χ1v) is 9.43. The summed E-state index contributed by atoms with van der Waals surface area (Å²) in [6, 6.07) is 3.49. The Labute approximate surface area is 151 Å². The van der Waals surface area contributed by atoms with E-state index in [1.807, 2.05) is 6.92 Å². The Morgan fingerprint density at radius 3 is 2.84 bits per heavy atom. The molecule has 2 rings (SSSR count). The molecule has 2 N–H and O–H groups in total. The van der Waals surface area contributed by atoms with Crippen LogP contribution in [0.5, 0.6) is 0 Å². The summed E-state index contributed by atoms with van der Waals surface area (Å²) in [7, 11) is 0. The Bertz CT molecular complexity index is 770. The summed E-state index contributed by atoms with van der Waals surface area (Å²) in [4.78, 5) is 31.3. The third kappa shape index (κ3) is 5.19. The van der Waals surface area contributed by atoms with Crippen LogP contribution in [0.1, 0.15) is 52.3 Å². The number of thioether (sulfide) groups is 1. The molecule has 0 aliphatic heterocycles. The Balaban J connectivity index is 2.06. The number of anilines is 1. The predicted molar refractivity (Wildman–Crippen MR) is 100 cm³/mol. The maximum atomic E-state index is 12.5. The highest BCUT2D eigenvalue weighted by molar-refractivity contribution is 8.00. The van der Waals surface area contributed by atoms with E-state index in [0.717, 1.165) is 25.0 Å². The molecule has 0 aliphatic carbocycles. The van der Waals surface area contributed by atoms with Gasteiger partial charge in [-0.1, -0.05) is 32.0 Å². The van der Waals surface area contributed by atoms with Crippen LogP contribution < -0.4 is 10.9 Å². The summed E-state index contributed by atoms with van der Waals surface area (Å²) in [5.74, 6) is 0.520. The number of carbonyl (C=O) groups is 1. The zero-order chi connectivity index (χ0) is 18.4. The Kier molecular flexibility index (Phi) is 6.81. The minimum absolute atomic E-state index is 0.154. The van der Waals surface area contributed by atoms with Crippen molar-refractivity contribution in [2.75, 3.05) is 5.32 Å². The molecule has 0 aliphatic rings. The molecule has 0 spiro atoms. The normalized spacial score (nSPS) is 13.4. The summed E-state index contributed by atoms with van der Waals surface area (Å²) >= 11 is 1.24. The van der Waals surface area contributed by atoms with E-state index >= 15 is 0 Å². The molecule has 0 saturated carbocycles. The summed E-state index contributed by atoms with van der Waals surface area (Å²) in [6.45, 7) is 7.94. The van der Waals surface area contributed by atoms with Gasteiger partial charge in [0.2, 0.25) is 5.91 Å². The third-order valence-corrected chi connectivity index (χ3v) is 4.85. The number of aromatic nitrogens is 4. The average molecular weight is 363 g/mol. The molecule has 0 unspecified atom stereocenters. The van der Waals surface area contributed by atoms with Gasteiger partial charge in [0.05, 0.1) is 17.5 Å². The van der Waals surface area contributed by atoms with Crippen molar-refractivity contribution in [2.24, 2.45) is 0 Å². The largest absolute Gasteiger partial charge is 0.310 e. The van der Waals surface area contributed by atoms with Crippen molar-refractivity contribution < 1.29 is 4.79 Å². The van der Waals surface area contributed by atoms with Crippen LogP contribution in [0.25, 0.3) is 0 Å². The van der Waals surface area contributed by atoms with Gasteiger partial charge in [-0.05, 0) is 26.7 Å². The average Bonchev–Trinajstić information content (AvgIpc) is 3.02. The number of carbonyl (C=O) groups excluding carboxylic acids is 1. The molecule has 7 nitrogen and oxygen atoms in total. The van der Waals surface area contributed by atoms with Gasteiger partial charge >= 0.3 is 0 Å². The molecular weight excluding hydrogens is 338 g/mol. The quantitative estimate of drug-likeness (QED) is 0.555. The van der Waals surface area contributed by atoms with Crippen molar-refractivity contribution in [1.82, 2.24) is 19.7 Å². The smallest absolute Gasteiger partial charge is 0.251 e. The van der Waals surface area contributed by atoms with Crippen LogP contribution in [0.2, 0.25) is 0 Å². The fraction of sp³-hybridized carbons (Fsp3) is 0.529. The molecule has 0 bridgehead atoms. The van der Waals surface area contributed by atoms with Crippen LogP contribution >= 0.6 is 11.8 Å². The van der Waals surface area contributed by atoms with E-state index in [9.17, 15) is 9.59 Å². The highest BCUT2D eigenvalue weighted by atomic mass is 32.2. The number of aryl methyl sites for hydroxylation is 1. The van der Waals surface area contributed by atoms with Crippen molar-refractivity contribution in [3.8, 4) is 0 Å². The number of aromatic amines is 1. The molecule has 0 fully saturated rings. The monoisotopic (exact) mass is 363 g/mol. The molecule has 8 heteroatoms. The fourth-order valence-corrected chi connectivity index (χ4v) is 3.14. The Morgan fingerprint density at radius 2 is 2.16 bits per heavy atom. The molecule has 0 saturated heterocycles. The lowest BCUT2D eigenvalue weighted by molar-refractivity contribution is -0.115. The van der Waals surface area contributed by atoms with Crippen LogP contribution in [0.15, 0.2) is 28.3 Å². The highest BCUT2D eigenvalue weighted by Gasteiger charge is 2.19. The molecule has 1 amide bonds. The summed E-state index contributed by atoms with van der Waals surface area (Å²) in [5.41, 5.74) is 0.555. The van der Waals surface area contributed by atoms with Crippen LogP contribution in [-0.2, 0) is 11.2 Å². The molecule has 0 radical (unpaired) electrons.